The molecule has 4 heteroatoms. The number of nitrogens with one attached hydrogen (secondary N) is 1. The lowest BCUT2D eigenvalue weighted by atomic mass is 10.2. The van der Waals surface area contributed by atoms with E-state index in [0.717, 1.165) is 11.3 Å². The lowest BCUT2D eigenvalue weighted by molar-refractivity contribution is -0.0590. The van der Waals surface area contributed by atoms with Gasteiger partial charge >= 0.3 is 0 Å². The van der Waals surface area contributed by atoms with E-state index < -0.39 is 0 Å². The van der Waals surface area contributed by atoms with E-state index in [4.69, 9.17) is 10.7 Å². The molecule has 4 nitrogen and oxygen atoms in total. The van der Waals surface area contributed by atoms with Crippen LogP contribution in [0.4, 0.5) is 0 Å². The molecule has 1 aliphatic heterocycles. The largest absolute Gasteiger partial charge is 0.363 e. The number of para-hydroxylation sites is 1. The van der Waals surface area contributed by atoms with Crippen LogP contribution >= 0.6 is 0 Å². The molecule has 3 N–H and O–H groups in total. The van der Waals surface area contributed by atoms with Gasteiger partial charge in [0.15, 0.2) is 5.75 Å². The van der Waals surface area contributed by atoms with Gasteiger partial charge in [-0.05, 0) is 12.1 Å². The summed E-state index contributed by atoms with van der Waals surface area (Å²) in [5.41, 5.74) is 3.41. The number of hydroxylamine groups is 1. The topological polar surface area (TPSA) is 50.5 Å². The molecule has 0 aliphatic carbocycles. The number of benzene rings is 1. The van der Waals surface area contributed by atoms with Crippen molar-refractivity contribution in [1.29, 1.82) is 0 Å². The number of hydrogen-bond acceptors (Lipinski definition) is 4. The minimum atomic E-state index is 0.790. The van der Waals surface area contributed by atoms with Crippen LogP contribution in [0.1, 0.15) is 5.56 Å². The van der Waals surface area contributed by atoms with E-state index in [9.17, 15) is 0 Å². The van der Waals surface area contributed by atoms with Crippen LogP contribution in [0.25, 0.3) is 6.08 Å². The Morgan fingerprint density at radius 3 is 3.00 bits per heavy atom. The molecule has 0 aromatic heterocycles. The molecule has 0 bridgehead atoms. The second-order valence-corrected chi connectivity index (χ2v) is 2.40. The molecule has 2 rings (SSSR count). The summed E-state index contributed by atoms with van der Waals surface area (Å²) in [4.78, 5) is 5.29. The van der Waals surface area contributed by atoms with Gasteiger partial charge in [0.25, 0.3) is 0 Å². The standard InChI is InChI=1S/C8H9N3O/c9-10-11-6-5-7-3-1-2-4-8(7)12-11/h1-6,10H,9H2. The van der Waals surface area contributed by atoms with Crippen molar-refractivity contribution in [3.8, 4) is 5.75 Å². The van der Waals surface area contributed by atoms with Crippen LogP contribution in [-0.4, -0.2) is 5.17 Å². The quantitative estimate of drug-likeness (QED) is 0.471. The van der Waals surface area contributed by atoms with E-state index in [1.54, 1.807) is 6.20 Å². The van der Waals surface area contributed by atoms with Crippen LogP contribution in [0.5, 0.6) is 5.75 Å². The van der Waals surface area contributed by atoms with Crippen molar-refractivity contribution in [2.75, 3.05) is 0 Å². The Bertz CT molecular complexity index is 311. The highest BCUT2D eigenvalue weighted by atomic mass is 16.7. The van der Waals surface area contributed by atoms with E-state index in [2.05, 4.69) is 5.53 Å². The van der Waals surface area contributed by atoms with Crippen LogP contribution in [-0.2, 0) is 0 Å². The number of rotatable bonds is 1. The first kappa shape index (κ1) is 7.15. The monoisotopic (exact) mass is 163 g/mol. The highest BCUT2D eigenvalue weighted by Crippen LogP contribution is 2.23. The first-order valence-electron chi connectivity index (χ1n) is 3.61. The summed E-state index contributed by atoms with van der Waals surface area (Å²) in [7, 11) is 0. The van der Waals surface area contributed by atoms with Gasteiger partial charge in [-0.15, -0.1) is 10.7 Å². The van der Waals surface area contributed by atoms with Gasteiger partial charge in [-0.25, -0.2) is 0 Å². The Kier molecular flexibility index (Phi) is 1.69. The molecule has 0 saturated carbocycles. The van der Waals surface area contributed by atoms with Crippen molar-refractivity contribution in [2.45, 2.75) is 0 Å². The van der Waals surface area contributed by atoms with E-state index in [-0.39, 0.29) is 0 Å². The summed E-state index contributed by atoms with van der Waals surface area (Å²) < 4.78 is 0. The zero-order chi connectivity index (χ0) is 8.39. The van der Waals surface area contributed by atoms with Gasteiger partial charge in [0.1, 0.15) is 0 Å². The van der Waals surface area contributed by atoms with Crippen molar-refractivity contribution < 1.29 is 4.84 Å². The first-order valence-corrected chi connectivity index (χ1v) is 3.61. The van der Waals surface area contributed by atoms with Gasteiger partial charge in [0.05, 0.1) is 6.20 Å². The Balaban J connectivity index is 2.33. The molecule has 62 valence electrons. The first-order chi connectivity index (χ1) is 5.90. The van der Waals surface area contributed by atoms with Crippen molar-refractivity contribution in [3.05, 3.63) is 36.0 Å². The second-order valence-electron chi connectivity index (χ2n) is 2.40. The van der Waals surface area contributed by atoms with Crippen molar-refractivity contribution in [2.24, 2.45) is 5.84 Å². The Labute approximate surface area is 70.1 Å². The van der Waals surface area contributed by atoms with Crippen LogP contribution in [0.2, 0.25) is 0 Å². The summed E-state index contributed by atoms with van der Waals surface area (Å²) >= 11 is 0. The van der Waals surface area contributed by atoms with Gasteiger partial charge in [-0.1, -0.05) is 18.2 Å². The molecule has 0 radical (unpaired) electrons. The summed E-state index contributed by atoms with van der Waals surface area (Å²) in [5.74, 6) is 5.95. The van der Waals surface area contributed by atoms with Crippen molar-refractivity contribution >= 4 is 6.08 Å². The molecule has 0 unspecified atom stereocenters. The zero-order valence-corrected chi connectivity index (χ0v) is 6.40. The lowest BCUT2D eigenvalue weighted by Crippen LogP contribution is -2.42. The molecule has 0 spiro atoms. The molecule has 1 aliphatic rings. The third kappa shape index (κ3) is 1.13. The number of nitrogens with two attached hydrogens (primary N) is 1. The molecule has 0 saturated heterocycles. The van der Waals surface area contributed by atoms with Crippen molar-refractivity contribution in [3.63, 3.8) is 0 Å². The van der Waals surface area contributed by atoms with Crippen LogP contribution in [0.3, 0.4) is 0 Å². The van der Waals surface area contributed by atoms with E-state index in [1.807, 2.05) is 30.3 Å². The molecule has 1 aromatic rings. The lowest BCUT2D eigenvalue weighted by Gasteiger charge is -2.22. The SMILES string of the molecule is NNN1C=Cc2ccccc2O1. The van der Waals surface area contributed by atoms with Crippen molar-refractivity contribution in [1.82, 2.24) is 10.7 Å². The molecule has 0 amide bonds. The predicted molar refractivity (Wildman–Crippen MR) is 45.3 cm³/mol. The third-order valence-electron chi connectivity index (χ3n) is 1.63. The fraction of sp³-hybridized carbons (Fsp3) is 0. The average molecular weight is 163 g/mol. The van der Waals surface area contributed by atoms with Gasteiger partial charge in [-0.2, -0.15) is 0 Å². The summed E-state index contributed by atoms with van der Waals surface area (Å²) in [5, 5.41) is 1.34. The van der Waals surface area contributed by atoms with Crippen LogP contribution < -0.4 is 16.2 Å². The Hall–Kier alpha value is -1.52. The second kappa shape index (κ2) is 2.84. The molecule has 1 heterocycles. The molecular weight excluding hydrogens is 154 g/mol. The minimum Gasteiger partial charge on any atom is -0.363 e. The van der Waals surface area contributed by atoms with E-state index in [0.29, 0.717) is 0 Å². The van der Waals surface area contributed by atoms with E-state index in [1.165, 1.54) is 5.17 Å². The summed E-state index contributed by atoms with van der Waals surface area (Å²) in [6.07, 6.45) is 3.63. The highest BCUT2D eigenvalue weighted by molar-refractivity contribution is 5.57. The maximum Gasteiger partial charge on any atom is 0.164 e. The van der Waals surface area contributed by atoms with Gasteiger partial charge < -0.3 is 4.84 Å². The fourth-order valence-corrected chi connectivity index (χ4v) is 1.06. The number of fused-ring (bicyclic) bond motifs is 1. The maximum atomic E-state index is 5.29. The maximum absolute atomic E-state index is 5.29. The third-order valence-corrected chi connectivity index (χ3v) is 1.63. The molecule has 1 aromatic carbocycles. The summed E-state index contributed by atoms with van der Waals surface area (Å²) in [6, 6.07) is 7.72. The number of hydrazine groups is 2. The van der Waals surface area contributed by atoms with Crippen LogP contribution in [0, 0.1) is 0 Å². The molecule has 0 fully saturated rings. The van der Waals surface area contributed by atoms with Crippen LogP contribution in [0.15, 0.2) is 30.5 Å². The van der Waals surface area contributed by atoms with Gasteiger partial charge in [0.2, 0.25) is 0 Å². The minimum absolute atomic E-state index is 0.790. The zero-order valence-electron chi connectivity index (χ0n) is 6.40. The molecular formula is C8H9N3O. The van der Waals surface area contributed by atoms with Gasteiger partial charge in [-0.3, -0.25) is 5.84 Å². The average Bonchev–Trinajstić information content (AvgIpc) is 2.17. The van der Waals surface area contributed by atoms with Gasteiger partial charge in [0, 0.05) is 5.56 Å². The predicted octanol–water partition coefficient (Wildman–Crippen LogP) is 0.645. The Morgan fingerprint density at radius 2 is 2.17 bits per heavy atom. The smallest absolute Gasteiger partial charge is 0.164 e. The number of nitrogens with zero attached hydrogens (tertiary/aromatic N) is 1. The summed E-state index contributed by atoms with van der Waals surface area (Å²) in [6.45, 7) is 0. The Morgan fingerprint density at radius 1 is 1.33 bits per heavy atom. The number of hydrogen-bond donors (Lipinski definition) is 2. The molecule has 12 heavy (non-hydrogen) atoms. The van der Waals surface area contributed by atoms with E-state index >= 15 is 0 Å². The molecule has 0 atom stereocenters. The normalized spacial score (nSPS) is 13.9. The fourth-order valence-electron chi connectivity index (χ4n) is 1.06. The highest BCUT2D eigenvalue weighted by Gasteiger charge is 2.08.